The van der Waals surface area contributed by atoms with Crippen LogP contribution in [0.5, 0.6) is 0 Å². The van der Waals surface area contributed by atoms with E-state index >= 15 is 0 Å². The third-order valence-electron chi connectivity index (χ3n) is 2.10. The van der Waals surface area contributed by atoms with Crippen LogP contribution in [0.2, 0.25) is 0 Å². The molecule has 80 valence electrons. The fourth-order valence-electron chi connectivity index (χ4n) is 1.13. The molecule has 0 aliphatic rings. The summed E-state index contributed by atoms with van der Waals surface area (Å²) in [5.74, 6) is 0. The first-order valence-electron chi connectivity index (χ1n) is 5.20. The van der Waals surface area contributed by atoms with Crippen LogP contribution in [-0.2, 0) is 4.74 Å². The number of nitrogens with two attached hydrogens (primary N) is 1. The van der Waals surface area contributed by atoms with Crippen LogP contribution in [0, 0.1) is 0 Å². The van der Waals surface area contributed by atoms with Crippen molar-refractivity contribution in [3.05, 3.63) is 0 Å². The monoisotopic (exact) mass is 189 g/mol. The molecule has 0 aromatic heterocycles. The van der Waals surface area contributed by atoms with E-state index in [-0.39, 0.29) is 18.8 Å². The molecule has 13 heavy (non-hydrogen) atoms. The van der Waals surface area contributed by atoms with E-state index in [2.05, 4.69) is 6.92 Å². The summed E-state index contributed by atoms with van der Waals surface area (Å²) in [4.78, 5) is 0. The molecule has 2 atom stereocenters. The molecular weight excluding hydrogens is 166 g/mol. The first-order valence-corrected chi connectivity index (χ1v) is 5.20. The molecule has 0 fully saturated rings. The Morgan fingerprint density at radius 2 is 2.00 bits per heavy atom. The molecule has 0 saturated heterocycles. The molecule has 0 spiro atoms. The zero-order valence-corrected chi connectivity index (χ0v) is 8.83. The van der Waals surface area contributed by atoms with Gasteiger partial charge in [0.05, 0.1) is 12.7 Å². The average Bonchev–Trinajstić information content (AvgIpc) is 2.10. The van der Waals surface area contributed by atoms with Gasteiger partial charge in [-0.15, -0.1) is 0 Å². The van der Waals surface area contributed by atoms with Crippen LogP contribution in [0.25, 0.3) is 0 Å². The van der Waals surface area contributed by atoms with Crippen molar-refractivity contribution in [1.82, 2.24) is 0 Å². The minimum absolute atomic E-state index is 0.0193. The van der Waals surface area contributed by atoms with Crippen molar-refractivity contribution in [3.8, 4) is 0 Å². The average molecular weight is 189 g/mol. The van der Waals surface area contributed by atoms with Gasteiger partial charge in [0.25, 0.3) is 0 Å². The summed E-state index contributed by atoms with van der Waals surface area (Å²) in [6.07, 6.45) is 4.56. The number of hydrogen-bond donors (Lipinski definition) is 2. The van der Waals surface area contributed by atoms with Crippen LogP contribution >= 0.6 is 0 Å². The van der Waals surface area contributed by atoms with E-state index in [0.717, 1.165) is 6.42 Å². The largest absolute Gasteiger partial charge is 0.394 e. The van der Waals surface area contributed by atoms with Gasteiger partial charge in [0, 0.05) is 12.6 Å². The van der Waals surface area contributed by atoms with Gasteiger partial charge in [-0.1, -0.05) is 26.2 Å². The van der Waals surface area contributed by atoms with Crippen molar-refractivity contribution in [2.75, 3.05) is 13.2 Å². The van der Waals surface area contributed by atoms with Crippen LogP contribution in [0.15, 0.2) is 0 Å². The quantitative estimate of drug-likeness (QED) is 0.566. The Kier molecular flexibility index (Phi) is 8.40. The molecule has 2 unspecified atom stereocenters. The predicted octanol–water partition coefficient (Wildman–Crippen LogP) is 1.29. The van der Waals surface area contributed by atoms with E-state index in [4.69, 9.17) is 15.6 Å². The molecular formula is C10H23NO2. The van der Waals surface area contributed by atoms with Crippen LogP contribution in [-0.4, -0.2) is 30.5 Å². The van der Waals surface area contributed by atoms with Crippen molar-refractivity contribution >= 4 is 0 Å². The molecule has 0 saturated carbocycles. The Labute approximate surface area is 81.3 Å². The third-order valence-corrected chi connectivity index (χ3v) is 2.10. The first kappa shape index (κ1) is 12.9. The number of aliphatic hydroxyl groups is 1. The van der Waals surface area contributed by atoms with Gasteiger partial charge in [-0.2, -0.15) is 0 Å². The van der Waals surface area contributed by atoms with E-state index in [1.807, 2.05) is 6.92 Å². The zero-order chi connectivity index (χ0) is 10.1. The molecule has 0 bridgehead atoms. The topological polar surface area (TPSA) is 55.5 Å². The Hall–Kier alpha value is -0.120. The number of aliphatic hydroxyl groups excluding tert-OH is 1. The molecule has 0 heterocycles. The van der Waals surface area contributed by atoms with Gasteiger partial charge >= 0.3 is 0 Å². The minimum atomic E-state index is -0.193. The molecule has 3 nitrogen and oxygen atoms in total. The standard InChI is InChI=1S/C10H23NO2/c1-3-4-5-6-7-13-10(8-12)9(2)11/h9-10,12H,3-8,11H2,1-2H3. The highest BCUT2D eigenvalue weighted by atomic mass is 16.5. The van der Waals surface area contributed by atoms with Gasteiger partial charge in [0.2, 0.25) is 0 Å². The Balaban J connectivity index is 3.28. The van der Waals surface area contributed by atoms with Gasteiger partial charge in [0.1, 0.15) is 0 Å². The zero-order valence-electron chi connectivity index (χ0n) is 8.83. The van der Waals surface area contributed by atoms with Crippen LogP contribution in [0.1, 0.15) is 39.5 Å². The van der Waals surface area contributed by atoms with Gasteiger partial charge in [-0.05, 0) is 13.3 Å². The molecule has 0 radical (unpaired) electrons. The summed E-state index contributed by atoms with van der Waals surface area (Å²) in [7, 11) is 0. The number of ether oxygens (including phenoxy) is 1. The van der Waals surface area contributed by atoms with Crippen LogP contribution < -0.4 is 5.73 Å². The lowest BCUT2D eigenvalue weighted by molar-refractivity contribution is -0.000508. The highest BCUT2D eigenvalue weighted by Gasteiger charge is 2.11. The van der Waals surface area contributed by atoms with E-state index in [9.17, 15) is 0 Å². The van der Waals surface area contributed by atoms with E-state index < -0.39 is 0 Å². The number of unbranched alkanes of at least 4 members (excludes halogenated alkanes) is 3. The van der Waals surface area contributed by atoms with E-state index in [0.29, 0.717) is 6.61 Å². The van der Waals surface area contributed by atoms with E-state index in [1.54, 1.807) is 0 Å². The van der Waals surface area contributed by atoms with Gasteiger partial charge in [-0.3, -0.25) is 0 Å². The number of rotatable bonds is 8. The maximum atomic E-state index is 8.89. The first-order chi connectivity index (χ1) is 6.22. The Morgan fingerprint density at radius 3 is 2.46 bits per heavy atom. The lowest BCUT2D eigenvalue weighted by Gasteiger charge is -2.18. The molecule has 0 aromatic carbocycles. The second-order valence-electron chi connectivity index (χ2n) is 3.51. The van der Waals surface area contributed by atoms with Crippen LogP contribution in [0.3, 0.4) is 0 Å². The molecule has 0 aliphatic heterocycles. The van der Waals surface area contributed by atoms with Crippen molar-refractivity contribution in [2.45, 2.75) is 51.7 Å². The fraction of sp³-hybridized carbons (Fsp3) is 1.00. The summed E-state index contributed by atoms with van der Waals surface area (Å²) in [6.45, 7) is 4.77. The predicted molar refractivity (Wildman–Crippen MR) is 54.6 cm³/mol. The van der Waals surface area contributed by atoms with Gasteiger partial charge in [0.15, 0.2) is 0 Å². The van der Waals surface area contributed by atoms with Crippen LogP contribution in [0.4, 0.5) is 0 Å². The lowest BCUT2D eigenvalue weighted by atomic mass is 10.2. The highest BCUT2D eigenvalue weighted by molar-refractivity contribution is 4.66. The maximum absolute atomic E-state index is 8.89. The van der Waals surface area contributed by atoms with Gasteiger partial charge in [-0.25, -0.2) is 0 Å². The Bertz CT molecular complexity index is 107. The molecule has 3 N–H and O–H groups in total. The SMILES string of the molecule is CCCCCCOC(CO)C(C)N. The summed E-state index contributed by atoms with van der Waals surface area (Å²) in [5, 5.41) is 8.89. The van der Waals surface area contributed by atoms with Gasteiger partial charge < -0.3 is 15.6 Å². The third kappa shape index (κ3) is 6.99. The second-order valence-corrected chi connectivity index (χ2v) is 3.51. The molecule has 0 aliphatic carbocycles. The summed E-state index contributed by atoms with van der Waals surface area (Å²) in [6, 6.07) is -0.0869. The summed E-state index contributed by atoms with van der Waals surface area (Å²) < 4.78 is 5.42. The number of hydrogen-bond acceptors (Lipinski definition) is 3. The lowest BCUT2D eigenvalue weighted by Crippen LogP contribution is -2.37. The Morgan fingerprint density at radius 1 is 1.31 bits per heavy atom. The summed E-state index contributed by atoms with van der Waals surface area (Å²) >= 11 is 0. The minimum Gasteiger partial charge on any atom is -0.394 e. The van der Waals surface area contributed by atoms with Crippen molar-refractivity contribution < 1.29 is 9.84 Å². The maximum Gasteiger partial charge on any atom is 0.0953 e. The van der Waals surface area contributed by atoms with E-state index in [1.165, 1.54) is 19.3 Å². The van der Waals surface area contributed by atoms with Crippen molar-refractivity contribution in [3.63, 3.8) is 0 Å². The second kappa shape index (κ2) is 8.48. The summed E-state index contributed by atoms with van der Waals surface area (Å²) in [5.41, 5.74) is 5.60. The molecule has 0 amide bonds. The normalized spacial score (nSPS) is 15.7. The molecule has 0 aromatic rings. The fourth-order valence-corrected chi connectivity index (χ4v) is 1.13. The highest BCUT2D eigenvalue weighted by Crippen LogP contribution is 2.02. The van der Waals surface area contributed by atoms with Crippen molar-refractivity contribution in [2.24, 2.45) is 5.73 Å². The molecule has 3 heteroatoms. The molecule has 0 rings (SSSR count). The van der Waals surface area contributed by atoms with Crippen molar-refractivity contribution in [1.29, 1.82) is 0 Å². The smallest absolute Gasteiger partial charge is 0.0953 e.